The van der Waals surface area contributed by atoms with Gasteiger partial charge in [0, 0.05) is 17.2 Å². The van der Waals surface area contributed by atoms with Crippen LogP contribution in [0.4, 0.5) is 0 Å². The van der Waals surface area contributed by atoms with Gasteiger partial charge >= 0.3 is 0 Å². The molecule has 1 unspecified atom stereocenters. The van der Waals surface area contributed by atoms with Crippen LogP contribution in [0, 0.1) is 0 Å². The number of aliphatic hydroxyl groups excluding tert-OH is 1. The maximum atomic E-state index is 11.3. The minimum absolute atomic E-state index is 0.0901. The average Bonchev–Trinajstić information content (AvgIpc) is 2.82. The second kappa shape index (κ2) is 7.73. The van der Waals surface area contributed by atoms with E-state index in [0.717, 1.165) is 0 Å². The highest BCUT2D eigenvalue weighted by molar-refractivity contribution is 5.93. The fraction of sp³-hybridized carbons (Fsp3) is 0.120. The Morgan fingerprint density at radius 3 is 2.21 bits per heavy atom. The summed E-state index contributed by atoms with van der Waals surface area (Å²) in [5.41, 5.74) is 1.83. The Bertz CT molecular complexity index is 1360. The first-order valence-corrected chi connectivity index (χ1v) is 10.2. The molecular formula is C25H21O9+. The molecule has 0 aliphatic carbocycles. The van der Waals surface area contributed by atoms with Crippen molar-refractivity contribution in [3.63, 3.8) is 0 Å². The summed E-state index contributed by atoms with van der Waals surface area (Å²) in [7, 11) is 2.80. The van der Waals surface area contributed by atoms with Crippen LogP contribution in [0.25, 0.3) is 11.3 Å². The quantitative estimate of drug-likeness (QED) is 0.285. The van der Waals surface area contributed by atoms with Gasteiger partial charge in [0.15, 0.2) is 28.8 Å². The summed E-state index contributed by atoms with van der Waals surface area (Å²) in [6, 6.07) is 10.1. The fourth-order valence-electron chi connectivity index (χ4n) is 4.06. The van der Waals surface area contributed by atoms with Crippen molar-refractivity contribution < 1.29 is 44.5 Å². The third-order valence-electron chi connectivity index (χ3n) is 5.71. The first-order chi connectivity index (χ1) is 16.3. The molecule has 0 radical (unpaired) electrons. The predicted molar refractivity (Wildman–Crippen MR) is 122 cm³/mol. The second-order valence-corrected chi connectivity index (χ2v) is 7.76. The molecule has 2 aliphatic heterocycles. The zero-order chi connectivity index (χ0) is 24.1. The Kier molecular flexibility index (Phi) is 4.82. The first-order valence-electron chi connectivity index (χ1n) is 10.2. The van der Waals surface area contributed by atoms with Crippen molar-refractivity contribution in [1.82, 2.24) is 0 Å². The van der Waals surface area contributed by atoms with Gasteiger partial charge in [-0.25, -0.2) is 0 Å². The highest BCUT2D eigenvalue weighted by Gasteiger charge is 2.39. The molecule has 3 aromatic carbocycles. The van der Waals surface area contributed by atoms with Gasteiger partial charge in [-0.1, -0.05) is 0 Å². The summed E-state index contributed by atoms with van der Waals surface area (Å²) >= 11 is 0. The number of phenols is 4. The number of aliphatic hydroxyl groups is 2. The van der Waals surface area contributed by atoms with Gasteiger partial charge in [0.05, 0.1) is 25.8 Å². The summed E-state index contributed by atoms with van der Waals surface area (Å²) in [4.78, 5) is 0. The molecule has 3 aromatic rings. The van der Waals surface area contributed by atoms with Crippen LogP contribution in [0.3, 0.4) is 0 Å². The molecule has 0 fully saturated rings. The molecule has 9 heteroatoms. The molecule has 1 atom stereocenters. The van der Waals surface area contributed by atoms with E-state index in [0.29, 0.717) is 28.0 Å². The summed E-state index contributed by atoms with van der Waals surface area (Å²) in [6.07, 6.45) is 0.699. The molecule has 2 aliphatic rings. The molecule has 174 valence electrons. The minimum atomic E-state index is -0.899. The van der Waals surface area contributed by atoms with Gasteiger partial charge in [-0.3, -0.25) is 0 Å². The lowest BCUT2D eigenvalue weighted by Crippen LogP contribution is -2.18. The highest BCUT2D eigenvalue weighted by Crippen LogP contribution is 2.53. The Morgan fingerprint density at radius 2 is 1.56 bits per heavy atom. The Hall–Kier alpha value is -4.66. The molecule has 34 heavy (non-hydrogen) atoms. The summed E-state index contributed by atoms with van der Waals surface area (Å²) in [5, 5.41) is 51.4. The minimum Gasteiger partial charge on any atom is -0.571 e. The van der Waals surface area contributed by atoms with E-state index in [1.165, 1.54) is 38.5 Å². The van der Waals surface area contributed by atoms with Crippen LogP contribution < -0.4 is 14.2 Å². The maximum Gasteiger partial charge on any atom is 0.271 e. The lowest BCUT2D eigenvalue weighted by molar-refractivity contribution is -0.0206. The van der Waals surface area contributed by atoms with Crippen molar-refractivity contribution in [1.29, 1.82) is 0 Å². The Balaban J connectivity index is 1.70. The lowest BCUT2D eigenvalue weighted by Gasteiger charge is -2.29. The van der Waals surface area contributed by atoms with E-state index in [9.17, 15) is 25.5 Å². The number of ether oxygens (including phenoxy) is 4. The normalized spacial score (nSPS) is 16.2. The van der Waals surface area contributed by atoms with E-state index >= 15 is 0 Å². The van der Waals surface area contributed by atoms with E-state index in [1.54, 1.807) is 24.3 Å². The van der Waals surface area contributed by atoms with Gasteiger partial charge < -0.3 is 44.5 Å². The largest absolute Gasteiger partial charge is 0.571 e. The topological polar surface area (TPSA) is 142 Å². The number of methoxy groups -OCH3 is 2. The van der Waals surface area contributed by atoms with Crippen LogP contribution >= 0.6 is 0 Å². The molecule has 6 N–H and O–H groups in total. The SMILES string of the molecule is COc1cc(C2[OH+]c3cc(O)cc4c3C(=C2O)C=C(c2ccc(O)c(O)c2)O4)cc(OC)c1O. The predicted octanol–water partition coefficient (Wildman–Crippen LogP) is 4.23. The molecule has 0 spiro atoms. The van der Waals surface area contributed by atoms with Gasteiger partial charge in [0.25, 0.3) is 11.9 Å². The van der Waals surface area contributed by atoms with Gasteiger partial charge in [0.2, 0.25) is 5.75 Å². The highest BCUT2D eigenvalue weighted by atomic mass is 16.5. The monoisotopic (exact) mass is 465 g/mol. The van der Waals surface area contributed by atoms with E-state index in [1.807, 2.05) is 0 Å². The van der Waals surface area contributed by atoms with Crippen molar-refractivity contribution in [2.45, 2.75) is 6.10 Å². The number of rotatable bonds is 4. The number of aromatic hydroxyl groups is 5. The van der Waals surface area contributed by atoms with Crippen LogP contribution in [0.2, 0.25) is 0 Å². The van der Waals surface area contributed by atoms with Crippen molar-refractivity contribution in [2.24, 2.45) is 0 Å². The molecule has 0 saturated carbocycles. The maximum absolute atomic E-state index is 11.3. The molecule has 0 bridgehead atoms. The molecule has 0 aromatic heterocycles. The fourth-order valence-corrected chi connectivity index (χ4v) is 4.06. The molecule has 0 saturated heterocycles. The van der Waals surface area contributed by atoms with E-state index in [2.05, 4.69) is 4.74 Å². The second-order valence-electron chi connectivity index (χ2n) is 7.76. The average molecular weight is 465 g/mol. The number of allylic oxidation sites excluding steroid dienone is 2. The van der Waals surface area contributed by atoms with Gasteiger partial charge in [-0.05, 0) is 36.4 Å². The number of phenolic OH excluding ortho intramolecular Hbond substituents is 4. The third-order valence-corrected chi connectivity index (χ3v) is 5.71. The smallest absolute Gasteiger partial charge is 0.271 e. The molecule has 5 rings (SSSR count). The summed E-state index contributed by atoms with van der Waals surface area (Å²) in [6.45, 7) is 0. The van der Waals surface area contributed by atoms with Crippen molar-refractivity contribution in [2.75, 3.05) is 14.2 Å². The van der Waals surface area contributed by atoms with Crippen molar-refractivity contribution in [3.05, 3.63) is 71.0 Å². The summed E-state index contributed by atoms with van der Waals surface area (Å²) < 4.78 is 21.0. The van der Waals surface area contributed by atoms with E-state index in [-0.39, 0.29) is 51.8 Å². The molecule has 9 nitrogen and oxygen atoms in total. The van der Waals surface area contributed by atoms with Gasteiger partial charge in [0.1, 0.15) is 22.8 Å². The van der Waals surface area contributed by atoms with Crippen LogP contribution in [0.15, 0.2) is 54.3 Å². The number of hydrogen-bond donors (Lipinski definition) is 5. The van der Waals surface area contributed by atoms with Gasteiger partial charge in [-0.15, -0.1) is 0 Å². The number of benzene rings is 3. The van der Waals surface area contributed by atoms with Crippen LogP contribution in [-0.2, 0) is 0 Å². The Morgan fingerprint density at radius 1 is 0.853 bits per heavy atom. The van der Waals surface area contributed by atoms with Crippen LogP contribution in [0.5, 0.6) is 46.0 Å². The van der Waals surface area contributed by atoms with Crippen molar-refractivity contribution >= 4 is 11.3 Å². The third kappa shape index (κ3) is 3.25. The number of hydrogen-bond acceptors (Lipinski definition) is 8. The molecule has 2 heterocycles. The molecular weight excluding hydrogens is 444 g/mol. The lowest BCUT2D eigenvalue weighted by atomic mass is 9.91. The zero-order valence-electron chi connectivity index (χ0n) is 18.1. The van der Waals surface area contributed by atoms with E-state index < -0.39 is 6.10 Å². The zero-order valence-corrected chi connectivity index (χ0v) is 18.1. The first kappa shape index (κ1) is 21.2. The van der Waals surface area contributed by atoms with Crippen molar-refractivity contribution in [3.8, 4) is 46.0 Å². The van der Waals surface area contributed by atoms with E-state index in [4.69, 9.17) is 14.2 Å². The standard InChI is InChI=1S/C25H20O9/c1-31-20-6-12(7-21(32-2)24(20)30)25-23(29)14-10-17(11-3-4-15(27)16(28)5-11)33-18-8-13(26)9-19(34-25)22(14)18/h3-10,25-30H,1-2H3/p+1. The summed E-state index contributed by atoms with van der Waals surface area (Å²) in [5.74, 6) is 0.245. The van der Waals surface area contributed by atoms with Crippen LogP contribution in [-0.4, -0.2) is 44.5 Å². The Labute approximate surface area is 193 Å². The van der Waals surface area contributed by atoms with Crippen LogP contribution in [0.1, 0.15) is 22.8 Å². The molecule has 0 amide bonds. The van der Waals surface area contributed by atoms with Gasteiger partial charge in [-0.2, -0.15) is 0 Å².